The number of rotatable bonds is 5. The first-order valence-electron chi connectivity index (χ1n) is 11.8. The molecule has 3 aliphatic rings. The summed E-state index contributed by atoms with van der Waals surface area (Å²) in [5, 5.41) is 5.22. The van der Waals surface area contributed by atoms with E-state index in [1.807, 2.05) is 43.1 Å². The molecule has 1 aromatic carbocycles. The standard InChI is InChI=1S/C28H26Cl2FN4.Co/c1-4-11-34-14-15-35-28(27(34)20-5-7-21(29)8-6-20)25(19-9-12-33(3)13-10-19)26(32-35)22-16-18(2)23(30)17-24(22)31;/h4-5,7-10,12,16-18,23,27H,1,13-15H2,2-3H3;/q-1;. The fourth-order valence-corrected chi connectivity index (χ4v) is 5.44. The van der Waals surface area contributed by atoms with Gasteiger partial charge in [0, 0.05) is 0 Å². The van der Waals surface area contributed by atoms with E-state index in [0.29, 0.717) is 29.4 Å². The third-order valence-electron chi connectivity index (χ3n) is 6.78. The Morgan fingerprint density at radius 2 is 2.11 bits per heavy atom. The van der Waals surface area contributed by atoms with Crippen molar-refractivity contribution in [3.63, 3.8) is 0 Å². The topological polar surface area (TPSA) is 24.3 Å². The van der Waals surface area contributed by atoms with Gasteiger partial charge in [-0.2, -0.15) is 0 Å². The van der Waals surface area contributed by atoms with Crippen LogP contribution in [0.4, 0.5) is 4.39 Å². The van der Waals surface area contributed by atoms with E-state index in [9.17, 15) is 0 Å². The molecule has 4 nitrogen and oxygen atoms in total. The molecule has 5 rings (SSSR count). The van der Waals surface area contributed by atoms with E-state index < -0.39 is 5.38 Å². The Labute approximate surface area is 229 Å². The summed E-state index contributed by atoms with van der Waals surface area (Å²) >= 11 is 17.3. The van der Waals surface area contributed by atoms with Gasteiger partial charge in [0.05, 0.1) is 0 Å². The number of allylic oxidation sites excluding steroid dienone is 6. The fourth-order valence-electron chi connectivity index (χ4n) is 4.89. The average molecular weight is 567 g/mol. The van der Waals surface area contributed by atoms with Crippen molar-refractivity contribution in [2.75, 3.05) is 20.1 Å². The molecule has 8 heteroatoms. The van der Waals surface area contributed by atoms with Crippen LogP contribution in [0.2, 0.25) is 5.02 Å². The van der Waals surface area contributed by atoms with E-state index >= 15 is 4.39 Å². The molecule has 0 bridgehead atoms. The van der Waals surface area contributed by atoms with Crippen LogP contribution in [0, 0.1) is 12.0 Å². The van der Waals surface area contributed by atoms with Gasteiger partial charge in [-0.3, -0.25) is 0 Å². The number of hydrogen-bond donors (Lipinski definition) is 0. The normalized spacial score (nSPS) is 24.1. The van der Waals surface area contributed by atoms with Crippen LogP contribution in [0.3, 0.4) is 0 Å². The number of benzene rings is 1. The van der Waals surface area contributed by atoms with Crippen LogP contribution >= 0.6 is 23.2 Å². The number of fused-ring (bicyclic) bond motifs is 1. The Morgan fingerprint density at radius 1 is 1.31 bits per heavy atom. The van der Waals surface area contributed by atoms with Gasteiger partial charge < -0.3 is 0 Å². The second-order valence-electron chi connectivity index (χ2n) is 9.21. The Morgan fingerprint density at radius 3 is 2.78 bits per heavy atom. The molecule has 2 aliphatic heterocycles. The van der Waals surface area contributed by atoms with Gasteiger partial charge in [0.2, 0.25) is 0 Å². The zero-order chi connectivity index (χ0) is 25.6. The number of alkyl halides is 1. The van der Waals surface area contributed by atoms with E-state index in [2.05, 4.69) is 34.6 Å². The summed E-state index contributed by atoms with van der Waals surface area (Å²) in [7, 11) is 2.02. The van der Waals surface area contributed by atoms with Crippen molar-refractivity contribution in [3.8, 4) is 0 Å². The van der Waals surface area contributed by atoms with Crippen LogP contribution < -0.4 is 0 Å². The molecule has 0 N–H and O–H groups in total. The van der Waals surface area contributed by atoms with Crippen molar-refractivity contribution < 1.29 is 19.7 Å². The predicted octanol–water partition coefficient (Wildman–Crippen LogP) is 5.94. The van der Waals surface area contributed by atoms with Gasteiger partial charge >= 0.3 is 230 Å². The molecular formula is C28H26Cl2CoFN4-. The molecule has 189 valence electrons. The Kier molecular flexibility index (Phi) is 7.25. The van der Waals surface area contributed by atoms with Crippen molar-refractivity contribution in [2.24, 2.45) is 5.92 Å². The minimum absolute atomic E-state index is 0.0236. The van der Waals surface area contributed by atoms with Crippen LogP contribution in [-0.4, -0.2) is 49.7 Å². The van der Waals surface area contributed by atoms with Gasteiger partial charge in [-0.15, -0.1) is 0 Å². The van der Waals surface area contributed by atoms with Crippen LogP contribution in [0.1, 0.15) is 35.5 Å². The summed E-state index contributed by atoms with van der Waals surface area (Å²) in [6.07, 6.45) is 11.4. The van der Waals surface area contributed by atoms with E-state index in [1.165, 1.54) is 6.08 Å². The van der Waals surface area contributed by atoms with Crippen LogP contribution in [0.15, 0.2) is 67.2 Å². The second kappa shape index (κ2) is 10.3. The molecule has 0 saturated carbocycles. The monoisotopic (exact) mass is 566 g/mol. The maximum atomic E-state index is 15.4. The molecule has 2 aromatic rings. The van der Waals surface area contributed by atoms with Gasteiger partial charge in [0.25, 0.3) is 0 Å². The summed E-state index contributed by atoms with van der Waals surface area (Å²) in [5.74, 6) is -0.370. The SMILES string of the molecule is C=C[C](=[Co])N1CCn2nc(C3=CC(C)C(Cl)C=C3F)c(C3=CCN(C)C=C3)c2C1c1[c-]cc(Cl)cc1. The molecule has 36 heavy (non-hydrogen) atoms. The van der Waals surface area contributed by atoms with Gasteiger partial charge in [0.1, 0.15) is 0 Å². The summed E-state index contributed by atoms with van der Waals surface area (Å²) in [6.45, 7) is 7.95. The molecule has 1 aromatic heterocycles. The van der Waals surface area contributed by atoms with Crippen molar-refractivity contribution in [3.05, 3.63) is 101 Å². The van der Waals surface area contributed by atoms with Crippen LogP contribution in [0.25, 0.3) is 11.1 Å². The molecule has 0 spiro atoms. The van der Waals surface area contributed by atoms with Crippen molar-refractivity contribution >= 4 is 38.9 Å². The molecule has 0 radical (unpaired) electrons. The summed E-state index contributed by atoms with van der Waals surface area (Å²) in [5.41, 5.74) is 4.87. The first kappa shape index (κ1) is 25.4. The molecule has 0 saturated heterocycles. The van der Waals surface area contributed by atoms with Crippen molar-refractivity contribution in [1.29, 1.82) is 0 Å². The van der Waals surface area contributed by atoms with Gasteiger partial charge in [-0.05, 0) is 0 Å². The van der Waals surface area contributed by atoms with Crippen LogP contribution in [0.5, 0.6) is 0 Å². The Hall–Kier alpha value is -2.22. The summed E-state index contributed by atoms with van der Waals surface area (Å²) in [4.78, 5) is 4.27. The predicted molar refractivity (Wildman–Crippen MR) is 142 cm³/mol. The first-order valence-corrected chi connectivity index (χ1v) is 13.1. The minimum atomic E-state index is -0.391. The summed E-state index contributed by atoms with van der Waals surface area (Å²) in [6, 6.07) is 8.67. The van der Waals surface area contributed by atoms with E-state index in [0.717, 1.165) is 33.5 Å². The van der Waals surface area contributed by atoms with Crippen LogP contribution in [-0.2, 0) is 21.8 Å². The molecule has 3 unspecified atom stereocenters. The Bertz CT molecular complexity index is 1340. The van der Waals surface area contributed by atoms with E-state index in [4.69, 9.17) is 43.6 Å². The van der Waals surface area contributed by atoms with Gasteiger partial charge in [-0.1, -0.05) is 0 Å². The van der Waals surface area contributed by atoms with Gasteiger partial charge in [-0.25, -0.2) is 0 Å². The number of nitrogens with zero attached hydrogens (tertiary/aromatic N) is 4. The third kappa shape index (κ3) is 4.61. The van der Waals surface area contributed by atoms with Crippen molar-refractivity contribution in [1.82, 2.24) is 19.6 Å². The zero-order valence-corrected chi connectivity index (χ0v) is 22.6. The number of hydrogen-bond acceptors (Lipinski definition) is 3. The first-order chi connectivity index (χ1) is 17.3. The molecule has 0 amide bonds. The number of aromatic nitrogens is 2. The van der Waals surface area contributed by atoms with E-state index in [1.54, 1.807) is 12.1 Å². The molecule has 3 heterocycles. The molecule has 3 atom stereocenters. The number of likely N-dealkylation sites (N-methyl/N-ethyl adjacent to an activating group) is 1. The zero-order valence-electron chi connectivity index (χ0n) is 20.0. The van der Waals surface area contributed by atoms with Gasteiger partial charge in [0.15, 0.2) is 0 Å². The Balaban J connectivity index is 1.77. The second-order valence-corrected chi connectivity index (χ2v) is 10.7. The van der Waals surface area contributed by atoms with E-state index in [-0.39, 0.29) is 17.8 Å². The number of halogens is 3. The molecule has 1 aliphatic carbocycles. The fraction of sp³-hybridized carbons (Fsp3) is 0.286. The maximum absolute atomic E-state index is 15.4. The quantitative estimate of drug-likeness (QED) is 0.330. The molecular weight excluding hydrogens is 541 g/mol. The molecule has 0 fully saturated rings. The van der Waals surface area contributed by atoms with Crippen molar-refractivity contribution in [2.45, 2.75) is 24.9 Å². The average Bonchev–Trinajstić information content (AvgIpc) is 3.25. The third-order valence-corrected chi connectivity index (χ3v) is 8.05. The summed E-state index contributed by atoms with van der Waals surface area (Å²) < 4.78 is 18.1.